The highest BCUT2D eigenvalue weighted by Gasteiger charge is 2.31. The van der Waals surface area contributed by atoms with E-state index in [-0.39, 0.29) is 12.7 Å². The molecule has 0 aromatic rings. The SMILES string of the molecule is CCC(=O)N[C@H](C=O)[C@@H](O)[C@H](O)[C@H](O)CO. The number of hydrogen-bond acceptors (Lipinski definition) is 6. The number of aldehydes is 1. The van der Waals surface area contributed by atoms with Crippen molar-refractivity contribution in [2.75, 3.05) is 6.61 Å². The molecule has 5 N–H and O–H groups in total. The summed E-state index contributed by atoms with van der Waals surface area (Å²) in [5.41, 5.74) is 0. The molecule has 0 aliphatic heterocycles. The summed E-state index contributed by atoms with van der Waals surface area (Å²) in [7, 11) is 0. The molecule has 0 heterocycles. The monoisotopic (exact) mass is 235 g/mol. The number of hydrogen-bond donors (Lipinski definition) is 5. The lowest BCUT2D eigenvalue weighted by atomic mass is 10.0. The fourth-order valence-electron chi connectivity index (χ4n) is 1.04. The van der Waals surface area contributed by atoms with Crippen LogP contribution in [0.5, 0.6) is 0 Å². The Morgan fingerprint density at radius 1 is 1.31 bits per heavy atom. The number of aliphatic hydroxyl groups excluding tert-OH is 4. The molecule has 0 unspecified atom stereocenters. The largest absolute Gasteiger partial charge is 0.394 e. The van der Waals surface area contributed by atoms with Crippen LogP contribution in [0, 0.1) is 0 Å². The van der Waals surface area contributed by atoms with Crippen LogP contribution in [-0.4, -0.2) is 63.6 Å². The van der Waals surface area contributed by atoms with Gasteiger partial charge < -0.3 is 30.5 Å². The van der Waals surface area contributed by atoms with E-state index in [1.54, 1.807) is 6.92 Å². The number of nitrogens with one attached hydrogen (secondary N) is 1. The third-order valence-electron chi connectivity index (χ3n) is 2.09. The summed E-state index contributed by atoms with van der Waals surface area (Å²) in [5.74, 6) is -0.471. The predicted octanol–water partition coefficient (Wildman–Crippen LogP) is -2.84. The van der Waals surface area contributed by atoms with E-state index in [9.17, 15) is 19.8 Å². The Hall–Kier alpha value is -1.02. The molecular weight excluding hydrogens is 218 g/mol. The molecule has 0 spiro atoms. The maximum atomic E-state index is 11.0. The average molecular weight is 235 g/mol. The van der Waals surface area contributed by atoms with Gasteiger partial charge >= 0.3 is 0 Å². The summed E-state index contributed by atoms with van der Waals surface area (Å²) >= 11 is 0. The first-order valence-corrected chi connectivity index (χ1v) is 4.87. The van der Waals surface area contributed by atoms with Crippen LogP contribution in [0.2, 0.25) is 0 Å². The third-order valence-corrected chi connectivity index (χ3v) is 2.09. The van der Waals surface area contributed by atoms with Gasteiger partial charge in [-0.05, 0) is 0 Å². The fourth-order valence-corrected chi connectivity index (χ4v) is 1.04. The molecule has 0 saturated carbocycles. The first kappa shape index (κ1) is 15.0. The van der Waals surface area contributed by atoms with Gasteiger partial charge in [0.05, 0.1) is 6.61 Å². The first-order valence-electron chi connectivity index (χ1n) is 4.87. The average Bonchev–Trinajstić information content (AvgIpc) is 2.32. The van der Waals surface area contributed by atoms with Crippen LogP contribution < -0.4 is 5.32 Å². The second-order valence-electron chi connectivity index (χ2n) is 3.31. The molecule has 0 aliphatic rings. The van der Waals surface area contributed by atoms with Crippen molar-refractivity contribution in [3.63, 3.8) is 0 Å². The molecule has 0 aliphatic carbocycles. The van der Waals surface area contributed by atoms with Gasteiger partial charge in [0.25, 0.3) is 0 Å². The molecule has 0 rings (SSSR count). The van der Waals surface area contributed by atoms with E-state index in [1.807, 2.05) is 0 Å². The lowest BCUT2D eigenvalue weighted by Crippen LogP contribution is -2.53. The highest BCUT2D eigenvalue weighted by Crippen LogP contribution is 2.04. The van der Waals surface area contributed by atoms with Crippen molar-refractivity contribution in [1.29, 1.82) is 0 Å². The van der Waals surface area contributed by atoms with Crippen LogP contribution in [0.25, 0.3) is 0 Å². The van der Waals surface area contributed by atoms with Crippen molar-refractivity contribution in [1.82, 2.24) is 5.32 Å². The van der Waals surface area contributed by atoms with E-state index in [0.29, 0.717) is 0 Å². The zero-order chi connectivity index (χ0) is 12.7. The summed E-state index contributed by atoms with van der Waals surface area (Å²) in [6, 6.07) is -1.32. The minimum absolute atomic E-state index is 0.121. The van der Waals surface area contributed by atoms with E-state index >= 15 is 0 Å². The van der Waals surface area contributed by atoms with Gasteiger partial charge in [-0.15, -0.1) is 0 Å². The first-order chi connectivity index (χ1) is 7.47. The van der Waals surface area contributed by atoms with E-state index in [0.717, 1.165) is 0 Å². The normalized spacial score (nSPS) is 18.3. The summed E-state index contributed by atoms with van der Waals surface area (Å²) in [5, 5.41) is 38.5. The molecule has 0 bridgehead atoms. The molecule has 4 atom stereocenters. The molecule has 7 heteroatoms. The summed E-state index contributed by atoms with van der Waals surface area (Å²) in [6.07, 6.45) is -4.58. The van der Waals surface area contributed by atoms with Crippen molar-refractivity contribution in [3.05, 3.63) is 0 Å². The molecular formula is C9H17NO6. The van der Waals surface area contributed by atoms with Crippen molar-refractivity contribution < 1.29 is 30.0 Å². The van der Waals surface area contributed by atoms with Crippen LogP contribution in [0.1, 0.15) is 13.3 Å². The standard InChI is InChI=1S/C9H17NO6/c1-2-7(14)10-5(3-11)8(15)9(16)6(13)4-12/h3,5-6,8-9,12-13,15-16H,2,4H2,1H3,(H,10,14)/t5-,6-,8-,9-/m1/s1. The number of amides is 1. The molecule has 94 valence electrons. The number of aliphatic hydroxyl groups is 4. The van der Waals surface area contributed by atoms with Gasteiger partial charge in [0.15, 0.2) is 0 Å². The van der Waals surface area contributed by atoms with Gasteiger partial charge in [0.1, 0.15) is 30.6 Å². The van der Waals surface area contributed by atoms with E-state index in [4.69, 9.17) is 10.2 Å². The van der Waals surface area contributed by atoms with Crippen LogP contribution in [0.4, 0.5) is 0 Å². The fraction of sp³-hybridized carbons (Fsp3) is 0.778. The number of carbonyl (C=O) groups excluding carboxylic acids is 2. The molecule has 16 heavy (non-hydrogen) atoms. The van der Waals surface area contributed by atoms with Gasteiger partial charge in [-0.1, -0.05) is 6.92 Å². The maximum Gasteiger partial charge on any atom is 0.220 e. The maximum absolute atomic E-state index is 11.0. The zero-order valence-corrected chi connectivity index (χ0v) is 8.91. The van der Waals surface area contributed by atoms with Crippen LogP contribution in [0.15, 0.2) is 0 Å². The van der Waals surface area contributed by atoms with Crippen molar-refractivity contribution >= 4 is 12.2 Å². The minimum Gasteiger partial charge on any atom is -0.394 e. The molecule has 0 aromatic carbocycles. The molecule has 0 radical (unpaired) electrons. The van der Waals surface area contributed by atoms with Crippen LogP contribution >= 0.6 is 0 Å². The second-order valence-corrected chi connectivity index (χ2v) is 3.31. The second kappa shape index (κ2) is 7.29. The predicted molar refractivity (Wildman–Crippen MR) is 53.4 cm³/mol. The van der Waals surface area contributed by atoms with Gasteiger partial charge in [-0.25, -0.2) is 0 Å². The van der Waals surface area contributed by atoms with E-state index < -0.39 is 36.9 Å². The Kier molecular flexibility index (Phi) is 6.82. The molecule has 0 aromatic heterocycles. The van der Waals surface area contributed by atoms with Gasteiger partial charge in [-0.3, -0.25) is 4.79 Å². The molecule has 0 saturated heterocycles. The number of rotatable bonds is 7. The zero-order valence-electron chi connectivity index (χ0n) is 8.91. The lowest BCUT2D eigenvalue weighted by molar-refractivity contribution is -0.130. The lowest BCUT2D eigenvalue weighted by Gasteiger charge is -2.26. The molecule has 0 fully saturated rings. The summed E-state index contributed by atoms with van der Waals surface area (Å²) < 4.78 is 0. The Morgan fingerprint density at radius 2 is 1.88 bits per heavy atom. The van der Waals surface area contributed by atoms with E-state index in [2.05, 4.69) is 5.32 Å². The number of carbonyl (C=O) groups is 2. The Morgan fingerprint density at radius 3 is 2.25 bits per heavy atom. The Bertz CT molecular complexity index is 234. The minimum atomic E-state index is -1.71. The van der Waals surface area contributed by atoms with E-state index in [1.165, 1.54) is 0 Å². The Labute approximate surface area is 92.7 Å². The van der Waals surface area contributed by atoms with Gasteiger partial charge in [0.2, 0.25) is 5.91 Å². The quantitative estimate of drug-likeness (QED) is 0.302. The molecule has 7 nitrogen and oxygen atoms in total. The smallest absolute Gasteiger partial charge is 0.220 e. The highest BCUT2D eigenvalue weighted by molar-refractivity contribution is 5.79. The highest BCUT2D eigenvalue weighted by atomic mass is 16.4. The van der Waals surface area contributed by atoms with Crippen LogP contribution in [0.3, 0.4) is 0 Å². The van der Waals surface area contributed by atoms with Gasteiger partial charge in [-0.2, -0.15) is 0 Å². The topological polar surface area (TPSA) is 127 Å². The summed E-state index contributed by atoms with van der Waals surface area (Å²) in [6.45, 7) is 0.800. The van der Waals surface area contributed by atoms with Gasteiger partial charge in [0, 0.05) is 6.42 Å². The summed E-state index contributed by atoms with van der Waals surface area (Å²) in [4.78, 5) is 21.6. The van der Waals surface area contributed by atoms with Crippen molar-refractivity contribution in [2.24, 2.45) is 0 Å². The third kappa shape index (κ3) is 4.23. The van der Waals surface area contributed by atoms with Crippen LogP contribution in [-0.2, 0) is 9.59 Å². The Balaban J connectivity index is 4.45. The van der Waals surface area contributed by atoms with Crippen molar-refractivity contribution in [3.8, 4) is 0 Å². The van der Waals surface area contributed by atoms with Crippen molar-refractivity contribution in [2.45, 2.75) is 37.7 Å². The molecule has 1 amide bonds.